The molecular weight excluding hydrogens is 320 g/mol. The van der Waals surface area contributed by atoms with Gasteiger partial charge in [0.1, 0.15) is 12.4 Å². The molecular formula is C19H22N2O4. The third-order valence-corrected chi connectivity index (χ3v) is 4.64. The second-order valence-electron chi connectivity index (χ2n) is 6.40. The summed E-state index contributed by atoms with van der Waals surface area (Å²) < 4.78 is 17.0. The van der Waals surface area contributed by atoms with Crippen molar-refractivity contribution in [1.29, 1.82) is 0 Å². The lowest BCUT2D eigenvalue weighted by atomic mass is 10.2. The van der Waals surface area contributed by atoms with E-state index in [0.29, 0.717) is 18.0 Å². The molecule has 2 aliphatic rings. The van der Waals surface area contributed by atoms with E-state index in [1.165, 1.54) is 0 Å². The number of hydrogen-bond donors (Lipinski definition) is 0. The van der Waals surface area contributed by atoms with Gasteiger partial charge in [0, 0.05) is 26.2 Å². The maximum absolute atomic E-state index is 12.8. The fraction of sp³-hybridized carbons (Fsp3) is 0.421. The molecule has 0 radical (unpaired) electrons. The summed E-state index contributed by atoms with van der Waals surface area (Å²) in [6.07, 6.45) is 2.07. The van der Waals surface area contributed by atoms with Gasteiger partial charge < -0.3 is 18.8 Å². The minimum Gasteiger partial charge on any atom is -0.485 e. The molecule has 1 aromatic carbocycles. The van der Waals surface area contributed by atoms with E-state index >= 15 is 0 Å². The molecule has 1 atom stereocenters. The SMILES string of the molecule is O=C(C1COc2ccccc2O1)N1CCCN(Cc2ccco2)CC1. The molecule has 2 aromatic rings. The minimum atomic E-state index is -0.563. The van der Waals surface area contributed by atoms with Gasteiger partial charge in [0.15, 0.2) is 11.5 Å². The molecule has 0 spiro atoms. The average Bonchev–Trinajstić information content (AvgIpc) is 3.05. The summed E-state index contributed by atoms with van der Waals surface area (Å²) >= 11 is 0. The molecule has 6 nitrogen and oxygen atoms in total. The number of fused-ring (bicyclic) bond motifs is 1. The number of furan rings is 1. The molecule has 6 heteroatoms. The fourth-order valence-corrected chi connectivity index (χ4v) is 3.32. The van der Waals surface area contributed by atoms with E-state index in [-0.39, 0.29) is 12.5 Å². The summed E-state index contributed by atoms with van der Waals surface area (Å²) in [4.78, 5) is 17.0. The van der Waals surface area contributed by atoms with Crippen molar-refractivity contribution in [2.45, 2.75) is 19.1 Å². The molecule has 1 amide bonds. The number of para-hydroxylation sites is 2. The van der Waals surface area contributed by atoms with E-state index in [2.05, 4.69) is 4.90 Å². The highest BCUT2D eigenvalue weighted by Crippen LogP contribution is 2.31. The van der Waals surface area contributed by atoms with Crippen LogP contribution in [-0.2, 0) is 11.3 Å². The number of hydrogen-bond acceptors (Lipinski definition) is 5. The molecule has 4 rings (SSSR count). The van der Waals surface area contributed by atoms with Crippen LogP contribution in [0.15, 0.2) is 47.1 Å². The Balaban J connectivity index is 1.35. The largest absolute Gasteiger partial charge is 0.485 e. The maximum atomic E-state index is 12.8. The number of ether oxygens (including phenoxy) is 2. The summed E-state index contributed by atoms with van der Waals surface area (Å²) in [6.45, 7) is 4.27. The van der Waals surface area contributed by atoms with Crippen LogP contribution < -0.4 is 9.47 Å². The van der Waals surface area contributed by atoms with Crippen molar-refractivity contribution in [3.63, 3.8) is 0 Å². The average molecular weight is 342 g/mol. The van der Waals surface area contributed by atoms with Crippen LogP contribution in [0.3, 0.4) is 0 Å². The standard InChI is InChI=1S/C19H22N2O4/c22-19(18-14-24-16-6-1-2-7-17(16)25-18)21-9-4-8-20(10-11-21)13-15-5-3-12-23-15/h1-3,5-7,12,18H,4,8-11,13-14H2. The zero-order valence-electron chi connectivity index (χ0n) is 14.1. The fourth-order valence-electron chi connectivity index (χ4n) is 3.32. The second kappa shape index (κ2) is 7.19. The molecule has 1 unspecified atom stereocenters. The highest BCUT2D eigenvalue weighted by molar-refractivity contribution is 5.82. The van der Waals surface area contributed by atoms with Crippen LogP contribution in [0.2, 0.25) is 0 Å². The van der Waals surface area contributed by atoms with Crippen LogP contribution in [-0.4, -0.2) is 54.6 Å². The van der Waals surface area contributed by atoms with Crippen molar-refractivity contribution in [3.05, 3.63) is 48.4 Å². The number of nitrogens with zero attached hydrogens (tertiary/aromatic N) is 2. The molecule has 0 N–H and O–H groups in total. The van der Waals surface area contributed by atoms with Crippen LogP contribution in [0.5, 0.6) is 11.5 Å². The van der Waals surface area contributed by atoms with Gasteiger partial charge in [-0.1, -0.05) is 12.1 Å². The van der Waals surface area contributed by atoms with Crippen LogP contribution in [0.25, 0.3) is 0 Å². The highest BCUT2D eigenvalue weighted by atomic mass is 16.6. The van der Waals surface area contributed by atoms with Gasteiger partial charge in [-0.2, -0.15) is 0 Å². The topological polar surface area (TPSA) is 55.2 Å². The van der Waals surface area contributed by atoms with E-state index in [1.54, 1.807) is 6.26 Å². The Bertz CT molecular complexity index is 716. The molecule has 3 heterocycles. The normalized spacial score (nSPS) is 21.0. The zero-order valence-corrected chi connectivity index (χ0v) is 14.1. The van der Waals surface area contributed by atoms with Crippen molar-refractivity contribution in [2.75, 3.05) is 32.8 Å². The van der Waals surface area contributed by atoms with Crippen molar-refractivity contribution < 1.29 is 18.7 Å². The van der Waals surface area contributed by atoms with Crippen LogP contribution in [0.1, 0.15) is 12.2 Å². The van der Waals surface area contributed by atoms with Crippen LogP contribution in [0.4, 0.5) is 0 Å². The Morgan fingerprint density at radius 1 is 1.04 bits per heavy atom. The Labute approximate surface area is 146 Å². The van der Waals surface area contributed by atoms with Gasteiger partial charge in [-0.15, -0.1) is 0 Å². The Kier molecular flexibility index (Phi) is 4.61. The molecule has 1 aromatic heterocycles. The van der Waals surface area contributed by atoms with Gasteiger partial charge in [-0.3, -0.25) is 9.69 Å². The lowest BCUT2D eigenvalue weighted by molar-refractivity contribution is -0.141. The van der Waals surface area contributed by atoms with Gasteiger partial charge >= 0.3 is 0 Å². The Morgan fingerprint density at radius 2 is 1.92 bits per heavy atom. The third kappa shape index (κ3) is 3.64. The van der Waals surface area contributed by atoms with E-state index in [1.807, 2.05) is 41.3 Å². The summed E-state index contributed by atoms with van der Waals surface area (Å²) in [5, 5.41) is 0. The number of carbonyl (C=O) groups is 1. The Morgan fingerprint density at radius 3 is 2.76 bits per heavy atom. The number of carbonyl (C=O) groups excluding carboxylic acids is 1. The molecule has 1 fully saturated rings. The number of benzene rings is 1. The quantitative estimate of drug-likeness (QED) is 0.855. The molecule has 1 saturated heterocycles. The molecule has 2 aliphatic heterocycles. The summed E-state index contributed by atoms with van der Waals surface area (Å²) in [5.41, 5.74) is 0. The van der Waals surface area contributed by atoms with E-state index in [0.717, 1.165) is 38.4 Å². The van der Waals surface area contributed by atoms with Crippen molar-refractivity contribution in [2.24, 2.45) is 0 Å². The van der Waals surface area contributed by atoms with E-state index < -0.39 is 6.10 Å². The molecule has 132 valence electrons. The summed E-state index contributed by atoms with van der Waals surface area (Å²) in [5.74, 6) is 2.31. The minimum absolute atomic E-state index is 0.00866. The summed E-state index contributed by atoms with van der Waals surface area (Å²) in [6, 6.07) is 11.4. The van der Waals surface area contributed by atoms with Crippen molar-refractivity contribution in [1.82, 2.24) is 9.80 Å². The maximum Gasteiger partial charge on any atom is 0.267 e. The van der Waals surface area contributed by atoms with Gasteiger partial charge in [0.25, 0.3) is 5.91 Å². The van der Waals surface area contributed by atoms with Crippen LogP contribution in [0, 0.1) is 0 Å². The van der Waals surface area contributed by atoms with E-state index in [9.17, 15) is 4.79 Å². The molecule has 25 heavy (non-hydrogen) atoms. The van der Waals surface area contributed by atoms with E-state index in [4.69, 9.17) is 13.9 Å². The lowest BCUT2D eigenvalue weighted by Gasteiger charge is -2.30. The molecule has 0 saturated carbocycles. The predicted molar refractivity (Wildman–Crippen MR) is 91.5 cm³/mol. The van der Waals surface area contributed by atoms with Crippen molar-refractivity contribution in [3.8, 4) is 11.5 Å². The van der Waals surface area contributed by atoms with Gasteiger partial charge in [0.2, 0.25) is 6.10 Å². The molecule has 0 bridgehead atoms. The van der Waals surface area contributed by atoms with Crippen molar-refractivity contribution >= 4 is 5.91 Å². The summed E-state index contributed by atoms with van der Waals surface area (Å²) in [7, 11) is 0. The van der Waals surface area contributed by atoms with Gasteiger partial charge in [-0.05, 0) is 30.7 Å². The number of amides is 1. The monoisotopic (exact) mass is 342 g/mol. The first kappa shape index (κ1) is 16.0. The smallest absolute Gasteiger partial charge is 0.267 e. The molecule has 0 aliphatic carbocycles. The second-order valence-corrected chi connectivity index (χ2v) is 6.40. The first-order valence-electron chi connectivity index (χ1n) is 8.71. The van der Waals surface area contributed by atoms with Gasteiger partial charge in [0.05, 0.1) is 12.8 Å². The predicted octanol–water partition coefficient (Wildman–Crippen LogP) is 2.15. The highest BCUT2D eigenvalue weighted by Gasteiger charge is 2.31. The first-order valence-corrected chi connectivity index (χ1v) is 8.71. The van der Waals surface area contributed by atoms with Gasteiger partial charge in [-0.25, -0.2) is 0 Å². The first-order chi connectivity index (χ1) is 12.3. The zero-order chi connectivity index (χ0) is 17.1. The third-order valence-electron chi connectivity index (χ3n) is 4.64. The Hall–Kier alpha value is -2.47. The number of rotatable bonds is 3. The van der Waals surface area contributed by atoms with Crippen LogP contribution >= 0.6 is 0 Å². The lowest BCUT2D eigenvalue weighted by Crippen LogP contribution is -2.47.